The molecule has 1 saturated carbocycles. The fourth-order valence-corrected chi connectivity index (χ4v) is 3.23. The summed E-state index contributed by atoms with van der Waals surface area (Å²) in [6, 6.07) is -0.0112. The number of hydrogen-bond donors (Lipinski definition) is 1. The molecule has 1 aliphatic carbocycles. The summed E-state index contributed by atoms with van der Waals surface area (Å²) in [5, 5.41) is 9.47. The normalized spacial score (nSPS) is 32.9. The van der Waals surface area contributed by atoms with E-state index in [1.165, 1.54) is 6.42 Å². The maximum atomic E-state index is 12.5. The molecule has 2 aliphatic rings. The molecule has 0 radical (unpaired) electrons. The molecule has 1 aliphatic heterocycles. The Labute approximate surface area is 120 Å². The molecule has 114 valence electrons. The van der Waals surface area contributed by atoms with E-state index in [4.69, 9.17) is 0 Å². The van der Waals surface area contributed by atoms with Crippen LogP contribution >= 0.6 is 0 Å². The third kappa shape index (κ3) is 2.91. The van der Waals surface area contributed by atoms with Crippen molar-refractivity contribution in [3.05, 3.63) is 0 Å². The van der Waals surface area contributed by atoms with Gasteiger partial charge in [0.25, 0.3) is 0 Å². The molecule has 3 atom stereocenters. The lowest BCUT2D eigenvalue weighted by Crippen LogP contribution is -2.53. The van der Waals surface area contributed by atoms with E-state index in [1.807, 2.05) is 14.0 Å². The summed E-state index contributed by atoms with van der Waals surface area (Å²) in [5.41, 5.74) is -0.748. The zero-order valence-corrected chi connectivity index (χ0v) is 12.8. The van der Waals surface area contributed by atoms with E-state index in [1.54, 1.807) is 9.80 Å². The van der Waals surface area contributed by atoms with Crippen molar-refractivity contribution in [1.82, 2.24) is 9.80 Å². The van der Waals surface area contributed by atoms with Crippen molar-refractivity contribution in [2.75, 3.05) is 26.7 Å². The number of amides is 2. The highest BCUT2D eigenvalue weighted by Crippen LogP contribution is 2.38. The van der Waals surface area contributed by atoms with Crippen LogP contribution in [-0.4, -0.2) is 53.6 Å². The van der Waals surface area contributed by atoms with Crippen molar-refractivity contribution in [3.8, 4) is 0 Å². The van der Waals surface area contributed by atoms with Crippen LogP contribution < -0.4 is 0 Å². The second-order valence-corrected chi connectivity index (χ2v) is 6.60. The molecule has 3 unspecified atom stereocenters. The minimum absolute atomic E-state index is 0.0112. The molecule has 1 saturated heterocycles. The molecule has 1 N–H and O–H groups in total. The van der Waals surface area contributed by atoms with Crippen LogP contribution in [0.3, 0.4) is 0 Å². The molecule has 0 aromatic rings. The zero-order valence-electron chi connectivity index (χ0n) is 12.8. The van der Waals surface area contributed by atoms with Crippen LogP contribution in [0.1, 0.15) is 39.5 Å². The van der Waals surface area contributed by atoms with Crippen molar-refractivity contribution in [3.63, 3.8) is 0 Å². The summed E-state index contributed by atoms with van der Waals surface area (Å²) in [7, 11) is 1.83. The Bertz CT molecular complexity index is 399. The predicted molar refractivity (Wildman–Crippen MR) is 76.5 cm³/mol. The zero-order chi connectivity index (χ0) is 14.9. The van der Waals surface area contributed by atoms with Gasteiger partial charge in [-0.1, -0.05) is 13.8 Å². The molecule has 2 fully saturated rings. The van der Waals surface area contributed by atoms with E-state index in [0.717, 1.165) is 18.9 Å². The lowest BCUT2D eigenvalue weighted by atomic mass is 9.78. The fourth-order valence-electron chi connectivity index (χ4n) is 3.23. The molecule has 2 amide bonds. The Morgan fingerprint density at radius 3 is 2.60 bits per heavy atom. The first-order valence-corrected chi connectivity index (χ1v) is 7.63. The van der Waals surface area contributed by atoms with E-state index in [0.29, 0.717) is 31.8 Å². The number of hydrogen-bond acceptors (Lipinski definition) is 2. The van der Waals surface area contributed by atoms with E-state index in [-0.39, 0.29) is 6.03 Å². The lowest BCUT2D eigenvalue weighted by Gasteiger charge is -2.40. The van der Waals surface area contributed by atoms with E-state index < -0.39 is 11.4 Å². The number of carbonyl (C=O) groups excluding carboxylic acids is 1. The SMILES string of the molecule is CCC1(C(=O)O)CCCN(C(=O)N(C)CC2CC2C)C1. The van der Waals surface area contributed by atoms with E-state index >= 15 is 0 Å². The molecular weight excluding hydrogens is 256 g/mol. The Balaban J connectivity index is 1.97. The van der Waals surface area contributed by atoms with E-state index in [9.17, 15) is 14.7 Å². The molecule has 5 nitrogen and oxygen atoms in total. The third-order valence-electron chi connectivity index (χ3n) is 5.09. The highest BCUT2D eigenvalue weighted by atomic mass is 16.4. The summed E-state index contributed by atoms with van der Waals surface area (Å²) in [6.07, 6.45) is 3.23. The average molecular weight is 282 g/mol. The minimum atomic E-state index is -0.768. The molecule has 0 spiro atoms. The molecule has 5 heteroatoms. The van der Waals surface area contributed by atoms with Crippen molar-refractivity contribution in [1.29, 1.82) is 0 Å². The molecule has 0 aromatic carbocycles. The molecule has 0 aromatic heterocycles. The fraction of sp³-hybridized carbons (Fsp3) is 0.867. The van der Waals surface area contributed by atoms with Crippen LogP contribution in [-0.2, 0) is 4.79 Å². The van der Waals surface area contributed by atoms with Crippen LogP contribution in [0.4, 0.5) is 4.79 Å². The maximum Gasteiger partial charge on any atom is 0.319 e. The van der Waals surface area contributed by atoms with Gasteiger partial charge in [0.15, 0.2) is 0 Å². The predicted octanol–water partition coefficient (Wildman–Crippen LogP) is 2.27. The number of rotatable bonds is 4. The number of nitrogens with zero attached hydrogens (tertiary/aromatic N) is 2. The minimum Gasteiger partial charge on any atom is -0.481 e. The van der Waals surface area contributed by atoms with Gasteiger partial charge < -0.3 is 14.9 Å². The quantitative estimate of drug-likeness (QED) is 0.860. The monoisotopic (exact) mass is 282 g/mol. The number of carbonyl (C=O) groups is 2. The van der Waals surface area contributed by atoms with Gasteiger partial charge in [0.1, 0.15) is 0 Å². The van der Waals surface area contributed by atoms with Gasteiger partial charge in [-0.2, -0.15) is 0 Å². The number of piperidine rings is 1. The van der Waals surface area contributed by atoms with Gasteiger partial charge in [-0.05, 0) is 37.5 Å². The third-order valence-corrected chi connectivity index (χ3v) is 5.09. The van der Waals surface area contributed by atoms with E-state index in [2.05, 4.69) is 6.92 Å². The average Bonchev–Trinajstić information content (AvgIpc) is 3.12. The van der Waals surface area contributed by atoms with Crippen LogP contribution in [0.15, 0.2) is 0 Å². The highest BCUT2D eigenvalue weighted by molar-refractivity contribution is 5.78. The Morgan fingerprint density at radius 2 is 2.10 bits per heavy atom. The smallest absolute Gasteiger partial charge is 0.319 e. The highest BCUT2D eigenvalue weighted by Gasteiger charge is 2.43. The summed E-state index contributed by atoms with van der Waals surface area (Å²) in [5.74, 6) is 0.584. The van der Waals surface area contributed by atoms with Gasteiger partial charge in [-0.25, -0.2) is 4.79 Å². The first-order chi connectivity index (χ1) is 9.39. The first-order valence-electron chi connectivity index (χ1n) is 7.63. The standard InChI is InChI=1S/C15H26N2O3/c1-4-15(13(18)19)6-5-7-17(10-15)14(20)16(3)9-12-8-11(12)2/h11-12H,4-10H2,1-3H3,(H,18,19). The Kier molecular flexibility index (Phi) is 4.25. The topological polar surface area (TPSA) is 60.9 Å². The second-order valence-electron chi connectivity index (χ2n) is 6.60. The summed E-state index contributed by atoms with van der Waals surface area (Å²) in [4.78, 5) is 27.5. The number of carboxylic acids is 1. The molecule has 2 rings (SSSR count). The van der Waals surface area contributed by atoms with Gasteiger partial charge >= 0.3 is 12.0 Å². The van der Waals surface area contributed by atoms with Crippen molar-refractivity contribution < 1.29 is 14.7 Å². The Morgan fingerprint density at radius 1 is 1.45 bits per heavy atom. The van der Waals surface area contributed by atoms with Gasteiger partial charge in [0.05, 0.1) is 5.41 Å². The van der Waals surface area contributed by atoms with Crippen LogP contribution in [0, 0.1) is 17.3 Å². The number of likely N-dealkylation sites (tertiary alicyclic amines) is 1. The number of urea groups is 1. The van der Waals surface area contributed by atoms with Crippen molar-refractivity contribution in [2.45, 2.75) is 39.5 Å². The van der Waals surface area contributed by atoms with Crippen LogP contribution in [0.25, 0.3) is 0 Å². The van der Waals surface area contributed by atoms with Crippen LogP contribution in [0.2, 0.25) is 0 Å². The lowest BCUT2D eigenvalue weighted by molar-refractivity contribution is -0.152. The van der Waals surface area contributed by atoms with Gasteiger partial charge in [-0.3, -0.25) is 4.79 Å². The first kappa shape index (κ1) is 15.1. The van der Waals surface area contributed by atoms with Gasteiger partial charge in [-0.15, -0.1) is 0 Å². The van der Waals surface area contributed by atoms with Gasteiger partial charge in [0.2, 0.25) is 0 Å². The summed E-state index contributed by atoms with van der Waals surface area (Å²) in [6.45, 7) is 5.93. The molecule has 1 heterocycles. The summed E-state index contributed by atoms with van der Waals surface area (Å²) >= 11 is 0. The largest absolute Gasteiger partial charge is 0.481 e. The summed E-state index contributed by atoms with van der Waals surface area (Å²) < 4.78 is 0. The van der Waals surface area contributed by atoms with Crippen LogP contribution in [0.5, 0.6) is 0 Å². The van der Waals surface area contributed by atoms with Crippen molar-refractivity contribution >= 4 is 12.0 Å². The second kappa shape index (κ2) is 5.62. The number of carboxylic acid groups (broad SMARTS) is 1. The number of aliphatic carboxylic acids is 1. The molecule has 0 bridgehead atoms. The van der Waals surface area contributed by atoms with Gasteiger partial charge in [0, 0.05) is 26.7 Å². The molecule has 20 heavy (non-hydrogen) atoms. The Hall–Kier alpha value is -1.26. The van der Waals surface area contributed by atoms with Crippen molar-refractivity contribution in [2.24, 2.45) is 17.3 Å². The maximum absolute atomic E-state index is 12.5. The molecular formula is C15H26N2O3.